The van der Waals surface area contributed by atoms with Crippen molar-refractivity contribution in [3.63, 3.8) is 0 Å². The molecule has 2 N–H and O–H groups in total. The van der Waals surface area contributed by atoms with Gasteiger partial charge in [0.1, 0.15) is 5.75 Å². The summed E-state index contributed by atoms with van der Waals surface area (Å²) in [4.78, 5) is 25.6. The third kappa shape index (κ3) is 5.00. The second kappa shape index (κ2) is 9.24. The van der Waals surface area contributed by atoms with Crippen molar-refractivity contribution in [2.75, 3.05) is 12.4 Å². The lowest BCUT2D eigenvalue weighted by molar-refractivity contribution is 0.102. The molecule has 0 saturated carbocycles. The van der Waals surface area contributed by atoms with E-state index in [1.807, 2.05) is 24.3 Å². The maximum absolute atomic E-state index is 13.1. The molecule has 0 saturated heterocycles. The van der Waals surface area contributed by atoms with Crippen LogP contribution in [-0.2, 0) is 6.42 Å². The van der Waals surface area contributed by atoms with Crippen LogP contribution in [0.15, 0.2) is 72.8 Å². The molecular weight excluding hydrogens is 426 g/mol. The number of hydrogen-bond donors (Lipinski definition) is 2. The number of rotatable bonds is 5. The van der Waals surface area contributed by atoms with Crippen LogP contribution in [0.2, 0.25) is 0 Å². The van der Waals surface area contributed by atoms with Crippen LogP contribution in [0.5, 0.6) is 5.75 Å². The van der Waals surface area contributed by atoms with E-state index in [0.717, 1.165) is 29.0 Å². The summed E-state index contributed by atoms with van der Waals surface area (Å²) in [6.45, 7) is 4.19. The predicted molar refractivity (Wildman–Crippen MR) is 132 cm³/mol. The lowest BCUT2D eigenvalue weighted by Crippen LogP contribution is -2.43. The van der Waals surface area contributed by atoms with Crippen LogP contribution in [0.25, 0.3) is 5.70 Å². The number of anilines is 1. The second-order valence-corrected chi connectivity index (χ2v) is 8.86. The molecule has 1 aliphatic heterocycles. The maximum Gasteiger partial charge on any atom is 0.255 e. The third-order valence-corrected chi connectivity index (χ3v) is 5.67. The minimum absolute atomic E-state index is 0.164. The Kier molecular flexibility index (Phi) is 6.20. The van der Waals surface area contributed by atoms with Gasteiger partial charge in [0.2, 0.25) is 0 Å². The highest BCUT2D eigenvalue weighted by Crippen LogP contribution is 2.32. The quantitative estimate of drug-likeness (QED) is 0.422. The van der Waals surface area contributed by atoms with Crippen LogP contribution >= 0.6 is 0 Å². The average molecular weight is 452 g/mol. The van der Waals surface area contributed by atoms with Crippen molar-refractivity contribution >= 4 is 23.1 Å². The number of benzene rings is 3. The van der Waals surface area contributed by atoms with Crippen molar-refractivity contribution in [2.24, 2.45) is 0 Å². The van der Waals surface area contributed by atoms with Crippen LogP contribution < -0.4 is 15.4 Å². The molecule has 1 heterocycles. The zero-order valence-electron chi connectivity index (χ0n) is 19.3. The van der Waals surface area contributed by atoms with Crippen molar-refractivity contribution < 1.29 is 14.3 Å². The number of amides is 1. The van der Waals surface area contributed by atoms with Gasteiger partial charge in [0, 0.05) is 39.7 Å². The molecular formula is C28H25N3O3. The van der Waals surface area contributed by atoms with Crippen LogP contribution in [0.3, 0.4) is 0 Å². The van der Waals surface area contributed by atoms with E-state index < -0.39 is 0 Å². The first-order valence-corrected chi connectivity index (χ1v) is 10.9. The number of hydrogen-bond acceptors (Lipinski definition) is 5. The fourth-order valence-electron chi connectivity index (χ4n) is 4.02. The molecule has 6 heteroatoms. The summed E-state index contributed by atoms with van der Waals surface area (Å²) in [5, 5.41) is 15.2. The van der Waals surface area contributed by atoms with Crippen LogP contribution in [0.4, 0.5) is 5.69 Å². The molecule has 3 aromatic carbocycles. The molecule has 34 heavy (non-hydrogen) atoms. The molecule has 0 spiro atoms. The van der Waals surface area contributed by atoms with Gasteiger partial charge in [-0.25, -0.2) is 0 Å². The number of methoxy groups -OCH3 is 1. The Bertz CT molecular complexity index is 1330. The zero-order valence-corrected chi connectivity index (χ0v) is 19.3. The second-order valence-electron chi connectivity index (χ2n) is 8.86. The van der Waals surface area contributed by atoms with Gasteiger partial charge in [0.05, 0.1) is 18.7 Å². The summed E-state index contributed by atoms with van der Waals surface area (Å²) in [7, 11) is 1.62. The molecule has 0 fully saturated rings. The summed E-state index contributed by atoms with van der Waals surface area (Å²) in [6.07, 6.45) is 2.43. The highest BCUT2D eigenvalue weighted by molar-refractivity contribution is 6.10. The molecule has 0 unspecified atom stereocenters. The highest BCUT2D eigenvalue weighted by atomic mass is 16.5. The smallest absolute Gasteiger partial charge is 0.255 e. The Morgan fingerprint density at radius 2 is 1.79 bits per heavy atom. The molecule has 170 valence electrons. The summed E-state index contributed by atoms with van der Waals surface area (Å²) in [5.74, 6) is 0.251. The number of allylic oxidation sites excluding steroid dienone is 1. The maximum atomic E-state index is 13.1. The van der Waals surface area contributed by atoms with E-state index in [2.05, 4.69) is 24.5 Å². The fourth-order valence-corrected chi connectivity index (χ4v) is 4.02. The molecule has 0 aromatic heterocycles. The van der Waals surface area contributed by atoms with E-state index in [-0.39, 0.29) is 17.2 Å². The first-order valence-electron chi connectivity index (χ1n) is 10.9. The Labute approximate surface area is 198 Å². The number of carbonyl (C=O) groups is 2. The topological polar surface area (TPSA) is 91.2 Å². The van der Waals surface area contributed by atoms with Crippen molar-refractivity contribution in [3.8, 4) is 11.8 Å². The molecule has 0 bridgehead atoms. The van der Waals surface area contributed by atoms with Gasteiger partial charge in [-0.1, -0.05) is 24.3 Å². The SMILES string of the molecule is COc1ccc2c(c1)C(=CC(=O)c1ccc(C(=O)Nc3cccc(C#N)c3)cc1)NC(C)(C)C2. The Hall–Kier alpha value is -4.37. The Balaban J connectivity index is 1.55. The van der Waals surface area contributed by atoms with Crippen molar-refractivity contribution in [1.82, 2.24) is 5.32 Å². The molecule has 4 rings (SSSR count). The summed E-state index contributed by atoms with van der Waals surface area (Å²) in [6, 6.07) is 21.2. The number of carbonyl (C=O) groups excluding carboxylic acids is 2. The van der Waals surface area contributed by atoms with E-state index in [1.165, 1.54) is 0 Å². The first-order chi connectivity index (χ1) is 16.3. The van der Waals surface area contributed by atoms with E-state index in [4.69, 9.17) is 10.00 Å². The van der Waals surface area contributed by atoms with Crippen LogP contribution in [0, 0.1) is 11.3 Å². The van der Waals surface area contributed by atoms with Gasteiger partial charge < -0.3 is 15.4 Å². The monoisotopic (exact) mass is 451 g/mol. The van der Waals surface area contributed by atoms with E-state index in [0.29, 0.717) is 22.4 Å². The Morgan fingerprint density at radius 1 is 1.06 bits per heavy atom. The van der Waals surface area contributed by atoms with Gasteiger partial charge in [0.25, 0.3) is 5.91 Å². The lowest BCUT2D eigenvalue weighted by atomic mass is 9.85. The van der Waals surface area contributed by atoms with Gasteiger partial charge >= 0.3 is 0 Å². The van der Waals surface area contributed by atoms with Crippen LogP contribution in [-0.4, -0.2) is 24.3 Å². The van der Waals surface area contributed by atoms with Gasteiger partial charge in [-0.15, -0.1) is 0 Å². The molecule has 0 atom stereocenters. The molecule has 3 aromatic rings. The van der Waals surface area contributed by atoms with Crippen LogP contribution in [0.1, 0.15) is 51.3 Å². The molecule has 0 aliphatic carbocycles. The molecule has 6 nitrogen and oxygen atoms in total. The van der Waals surface area contributed by atoms with E-state index >= 15 is 0 Å². The minimum atomic E-state index is -0.316. The standard InChI is InChI=1S/C28H25N3O3/c1-28(2)16-21-11-12-23(34-3)14-24(21)25(31-28)15-26(32)19-7-9-20(10-8-19)27(33)30-22-6-4-5-18(13-22)17-29/h4-15,31H,16H2,1-3H3,(H,30,33). The minimum Gasteiger partial charge on any atom is -0.497 e. The van der Waals surface area contributed by atoms with Crippen molar-refractivity contribution in [3.05, 3.63) is 101 Å². The average Bonchev–Trinajstić information content (AvgIpc) is 2.83. The predicted octanol–water partition coefficient (Wildman–Crippen LogP) is 4.97. The number of ether oxygens (including phenoxy) is 1. The van der Waals surface area contributed by atoms with E-state index in [9.17, 15) is 9.59 Å². The van der Waals surface area contributed by atoms with Gasteiger partial charge in [-0.05, 0) is 68.3 Å². The van der Waals surface area contributed by atoms with Gasteiger partial charge in [0.15, 0.2) is 5.78 Å². The number of fused-ring (bicyclic) bond motifs is 1. The Morgan fingerprint density at radius 3 is 2.50 bits per heavy atom. The third-order valence-electron chi connectivity index (χ3n) is 5.67. The molecule has 1 amide bonds. The van der Waals surface area contributed by atoms with Crippen molar-refractivity contribution in [1.29, 1.82) is 5.26 Å². The fraction of sp³-hybridized carbons (Fsp3) is 0.179. The normalized spacial score (nSPS) is 14.9. The molecule has 1 aliphatic rings. The van der Waals surface area contributed by atoms with Gasteiger partial charge in [-0.3, -0.25) is 9.59 Å². The van der Waals surface area contributed by atoms with Gasteiger partial charge in [-0.2, -0.15) is 5.26 Å². The summed E-state index contributed by atoms with van der Waals surface area (Å²) in [5.41, 5.74) is 4.54. The number of nitrogens with zero attached hydrogens (tertiary/aromatic N) is 1. The zero-order chi connectivity index (χ0) is 24.3. The lowest BCUT2D eigenvalue weighted by Gasteiger charge is -2.35. The summed E-state index contributed by atoms with van der Waals surface area (Å²) < 4.78 is 5.37. The molecule has 0 radical (unpaired) electrons. The number of ketones is 1. The van der Waals surface area contributed by atoms with Crippen molar-refractivity contribution in [2.45, 2.75) is 25.8 Å². The summed E-state index contributed by atoms with van der Waals surface area (Å²) >= 11 is 0. The highest BCUT2D eigenvalue weighted by Gasteiger charge is 2.28. The number of nitrogens with one attached hydrogen (secondary N) is 2. The largest absolute Gasteiger partial charge is 0.497 e. The van der Waals surface area contributed by atoms with E-state index in [1.54, 1.807) is 61.7 Å². The first kappa shape index (κ1) is 22.8. The number of nitriles is 1.